The summed E-state index contributed by atoms with van der Waals surface area (Å²) in [5, 5.41) is 0. The fourth-order valence-electron chi connectivity index (χ4n) is 3.99. The van der Waals surface area contributed by atoms with Crippen molar-refractivity contribution in [2.45, 2.75) is 24.2 Å². The van der Waals surface area contributed by atoms with Crippen molar-refractivity contribution in [2.24, 2.45) is 0 Å². The summed E-state index contributed by atoms with van der Waals surface area (Å²) in [5.41, 5.74) is 7.14. The number of hydrogen-bond donors (Lipinski definition) is 0. The van der Waals surface area contributed by atoms with Crippen LogP contribution in [-0.4, -0.2) is 8.07 Å². The van der Waals surface area contributed by atoms with Gasteiger partial charge in [-0.15, -0.1) is 0 Å². The van der Waals surface area contributed by atoms with Gasteiger partial charge in [-0.2, -0.15) is 0 Å². The average Bonchev–Trinajstić information content (AvgIpc) is 3.12. The van der Waals surface area contributed by atoms with E-state index in [0.717, 1.165) is 0 Å². The Labute approximate surface area is 177 Å². The molecule has 0 aromatic heterocycles. The molecule has 0 saturated carbocycles. The Bertz CT molecular complexity index is 704. The Morgan fingerprint density at radius 1 is 0.667 bits per heavy atom. The van der Waals surface area contributed by atoms with Gasteiger partial charge in [0.2, 0.25) is 0 Å². The minimum Gasteiger partial charge on any atom is -1.00 e. The Balaban J connectivity index is 0.000000960. The first-order chi connectivity index (χ1) is 10.2. The Morgan fingerprint density at radius 3 is 1.46 bits per heavy atom. The van der Waals surface area contributed by atoms with Gasteiger partial charge in [-0.3, -0.25) is 0 Å². The van der Waals surface area contributed by atoms with Gasteiger partial charge in [0, 0.05) is 25.8 Å². The van der Waals surface area contributed by atoms with Crippen molar-refractivity contribution in [3.05, 3.63) is 82.9 Å². The second kappa shape index (κ2) is 8.31. The van der Waals surface area contributed by atoms with E-state index in [1.807, 2.05) is 0 Å². The van der Waals surface area contributed by atoms with Gasteiger partial charge in [-0.1, -0.05) is 85.9 Å². The van der Waals surface area contributed by atoms with E-state index >= 15 is 0 Å². The summed E-state index contributed by atoms with van der Waals surface area (Å²) in [6, 6.07) is 17.8. The number of halogens is 2. The molecule has 0 radical (unpaired) electrons. The van der Waals surface area contributed by atoms with E-state index in [9.17, 15) is 0 Å². The van der Waals surface area contributed by atoms with E-state index in [2.05, 4.69) is 85.9 Å². The molecule has 0 amide bonds. The second-order valence-electron chi connectivity index (χ2n) is 6.75. The molecular formula is C20H20Cl2HfSi-2. The van der Waals surface area contributed by atoms with Crippen LogP contribution in [0.1, 0.15) is 33.3 Å². The number of benzene rings is 2. The zero-order chi connectivity index (χ0) is 14.4. The second-order valence-corrected chi connectivity index (χ2v) is 11.6. The maximum absolute atomic E-state index is 2.54. The van der Waals surface area contributed by atoms with E-state index in [4.69, 9.17) is 0 Å². The molecule has 2 aromatic carbocycles. The normalized spacial score (nSPS) is 19.6. The minimum absolute atomic E-state index is 0. The third kappa shape index (κ3) is 3.44. The molecule has 24 heavy (non-hydrogen) atoms. The first-order valence-electron chi connectivity index (χ1n) is 7.72. The number of allylic oxidation sites excluding steroid dienone is 2. The average molecular weight is 538 g/mol. The van der Waals surface area contributed by atoms with Crippen molar-refractivity contribution in [3.63, 3.8) is 0 Å². The predicted octanol–water partition coefficient (Wildman–Crippen LogP) is -0.600. The molecule has 0 fully saturated rings. The maximum Gasteiger partial charge on any atom is 0.0715 e. The van der Waals surface area contributed by atoms with Gasteiger partial charge in [0.25, 0.3) is 0 Å². The minimum atomic E-state index is -1.51. The van der Waals surface area contributed by atoms with Crippen molar-refractivity contribution in [1.82, 2.24) is 0 Å². The molecule has 0 heterocycles. The van der Waals surface area contributed by atoms with Crippen LogP contribution in [0.25, 0.3) is 12.2 Å². The summed E-state index contributed by atoms with van der Waals surface area (Å²) in [7, 11) is -1.51. The SMILES string of the molecule is C[Si](C)(C1C=Cc2ccccc21)C1C=Cc2ccccc21.[Cl-].[Cl-].[Hf]. The van der Waals surface area contributed by atoms with Crippen LogP contribution in [0, 0.1) is 0 Å². The van der Waals surface area contributed by atoms with E-state index in [-0.39, 0.29) is 50.7 Å². The Morgan fingerprint density at radius 2 is 1.04 bits per heavy atom. The molecule has 4 heteroatoms. The largest absolute Gasteiger partial charge is 1.00 e. The van der Waals surface area contributed by atoms with Gasteiger partial charge in [-0.25, -0.2) is 0 Å². The van der Waals surface area contributed by atoms with E-state index in [1.165, 1.54) is 22.3 Å². The molecule has 2 aliphatic rings. The van der Waals surface area contributed by atoms with Crippen molar-refractivity contribution in [1.29, 1.82) is 0 Å². The molecule has 2 unspecified atom stereocenters. The molecule has 0 bridgehead atoms. The Hall–Kier alpha value is -0.413. The molecule has 4 rings (SSSR count). The van der Waals surface area contributed by atoms with Gasteiger partial charge in [0.05, 0.1) is 8.07 Å². The number of rotatable bonds is 2. The first kappa shape index (κ1) is 21.6. The van der Waals surface area contributed by atoms with Crippen LogP contribution >= 0.6 is 0 Å². The summed E-state index contributed by atoms with van der Waals surface area (Å²) >= 11 is 0. The van der Waals surface area contributed by atoms with E-state index in [0.29, 0.717) is 11.1 Å². The molecule has 0 aliphatic heterocycles. The monoisotopic (exact) mass is 538 g/mol. The molecule has 2 atom stereocenters. The van der Waals surface area contributed by atoms with Crippen LogP contribution in [-0.2, 0) is 25.8 Å². The van der Waals surface area contributed by atoms with Crippen LogP contribution in [0.4, 0.5) is 0 Å². The van der Waals surface area contributed by atoms with Gasteiger partial charge < -0.3 is 24.8 Å². The van der Waals surface area contributed by atoms with Gasteiger partial charge in [0.1, 0.15) is 0 Å². The van der Waals surface area contributed by atoms with Crippen molar-refractivity contribution < 1.29 is 50.7 Å². The summed E-state index contributed by atoms with van der Waals surface area (Å²) in [6.07, 6.45) is 9.54. The molecular weight excluding hydrogens is 518 g/mol. The fraction of sp³-hybridized carbons (Fsp3) is 0.200. The summed E-state index contributed by atoms with van der Waals surface area (Å²) < 4.78 is 0. The van der Waals surface area contributed by atoms with Gasteiger partial charge in [0.15, 0.2) is 0 Å². The standard InChI is InChI=1S/C20H20Si.2ClH.Hf/c1-21(2,19-13-11-15-7-3-5-9-17(15)19)20-14-12-16-8-4-6-10-18(16)20;;;/h3-14,19-20H,1-2H3;2*1H;/p-2. The molecule has 2 aliphatic carbocycles. The van der Waals surface area contributed by atoms with Crippen LogP contribution in [0.5, 0.6) is 0 Å². The molecule has 0 N–H and O–H groups in total. The van der Waals surface area contributed by atoms with Crippen molar-refractivity contribution >= 4 is 20.2 Å². The smallest absolute Gasteiger partial charge is 0.0715 e. The molecule has 0 spiro atoms. The first-order valence-corrected chi connectivity index (χ1v) is 10.9. The molecule has 0 saturated heterocycles. The molecule has 0 nitrogen and oxygen atoms in total. The third-order valence-electron chi connectivity index (χ3n) is 5.20. The number of hydrogen-bond acceptors (Lipinski definition) is 0. The zero-order valence-corrected chi connectivity index (χ0v) is 19.9. The summed E-state index contributed by atoms with van der Waals surface area (Å²) in [4.78, 5) is 0. The van der Waals surface area contributed by atoms with E-state index in [1.54, 1.807) is 0 Å². The maximum atomic E-state index is 2.54. The number of fused-ring (bicyclic) bond motifs is 2. The zero-order valence-electron chi connectivity index (χ0n) is 13.8. The topological polar surface area (TPSA) is 0 Å². The molecule has 124 valence electrons. The van der Waals surface area contributed by atoms with Crippen LogP contribution < -0.4 is 24.8 Å². The Kier molecular flexibility index (Phi) is 7.49. The fourth-order valence-corrected chi connectivity index (χ4v) is 7.69. The van der Waals surface area contributed by atoms with Gasteiger partial charge in [-0.05, 0) is 33.3 Å². The van der Waals surface area contributed by atoms with Crippen LogP contribution in [0.15, 0.2) is 60.7 Å². The predicted molar refractivity (Wildman–Crippen MR) is 93.9 cm³/mol. The quantitative estimate of drug-likeness (QED) is 0.449. The third-order valence-corrected chi connectivity index (χ3v) is 9.41. The van der Waals surface area contributed by atoms with Crippen LogP contribution in [0.3, 0.4) is 0 Å². The van der Waals surface area contributed by atoms with Crippen LogP contribution in [0.2, 0.25) is 13.1 Å². The van der Waals surface area contributed by atoms with Crippen molar-refractivity contribution in [2.75, 3.05) is 0 Å². The van der Waals surface area contributed by atoms with Crippen molar-refractivity contribution in [3.8, 4) is 0 Å². The van der Waals surface area contributed by atoms with Gasteiger partial charge >= 0.3 is 0 Å². The van der Waals surface area contributed by atoms with E-state index < -0.39 is 8.07 Å². The summed E-state index contributed by atoms with van der Waals surface area (Å²) in [6.45, 7) is 5.09. The molecule has 2 aromatic rings. The summed E-state index contributed by atoms with van der Waals surface area (Å²) in [5.74, 6) is 0.